The van der Waals surface area contributed by atoms with Crippen molar-refractivity contribution in [2.24, 2.45) is 0 Å². The average molecular weight is 189 g/mol. The minimum atomic E-state index is -2.56. The summed E-state index contributed by atoms with van der Waals surface area (Å²) in [5.41, 5.74) is 1.29. The van der Waals surface area contributed by atoms with Crippen LogP contribution in [0.15, 0.2) is 6.20 Å². The third-order valence-corrected chi connectivity index (χ3v) is 1.68. The molecule has 0 unspecified atom stereocenters. The SMILES string of the molecule is CCCNc1cn(C(F)F)nc1C. The van der Waals surface area contributed by atoms with Crippen LogP contribution in [0.4, 0.5) is 14.5 Å². The molecule has 0 saturated carbocycles. The number of nitrogens with one attached hydrogen (secondary N) is 1. The number of aryl methyl sites for hydroxylation is 1. The van der Waals surface area contributed by atoms with Crippen molar-refractivity contribution in [1.82, 2.24) is 9.78 Å². The van der Waals surface area contributed by atoms with E-state index in [-0.39, 0.29) is 0 Å². The lowest BCUT2D eigenvalue weighted by atomic mass is 10.4. The fourth-order valence-electron chi connectivity index (χ4n) is 1.01. The molecule has 0 saturated heterocycles. The Morgan fingerprint density at radius 1 is 1.62 bits per heavy atom. The molecule has 0 aromatic carbocycles. The van der Waals surface area contributed by atoms with Crippen LogP contribution in [0.2, 0.25) is 0 Å². The smallest absolute Gasteiger partial charge is 0.333 e. The van der Waals surface area contributed by atoms with E-state index >= 15 is 0 Å². The molecule has 1 N–H and O–H groups in total. The molecular formula is C8H13F2N3. The Morgan fingerprint density at radius 3 is 2.77 bits per heavy atom. The zero-order chi connectivity index (χ0) is 9.84. The van der Waals surface area contributed by atoms with E-state index in [1.165, 1.54) is 6.20 Å². The molecule has 1 rings (SSSR count). The van der Waals surface area contributed by atoms with Crippen molar-refractivity contribution >= 4 is 5.69 Å². The largest absolute Gasteiger partial charge is 0.382 e. The van der Waals surface area contributed by atoms with Gasteiger partial charge in [-0.1, -0.05) is 6.92 Å². The summed E-state index contributed by atoms with van der Waals surface area (Å²) in [5, 5.41) is 6.69. The predicted octanol–water partition coefficient (Wildman–Crippen LogP) is 2.41. The van der Waals surface area contributed by atoms with Crippen LogP contribution in [0.3, 0.4) is 0 Å². The van der Waals surface area contributed by atoms with Gasteiger partial charge in [0.2, 0.25) is 0 Å². The summed E-state index contributed by atoms with van der Waals surface area (Å²) in [6, 6.07) is 0. The predicted molar refractivity (Wildman–Crippen MR) is 47.0 cm³/mol. The summed E-state index contributed by atoms with van der Waals surface area (Å²) in [4.78, 5) is 0. The second-order valence-electron chi connectivity index (χ2n) is 2.81. The normalized spacial score (nSPS) is 10.8. The van der Waals surface area contributed by atoms with E-state index in [4.69, 9.17) is 0 Å². The summed E-state index contributed by atoms with van der Waals surface area (Å²) in [6.07, 6.45) is 2.29. The van der Waals surface area contributed by atoms with Crippen molar-refractivity contribution in [1.29, 1.82) is 0 Å². The Morgan fingerprint density at radius 2 is 2.31 bits per heavy atom. The van der Waals surface area contributed by atoms with Gasteiger partial charge in [0.25, 0.3) is 0 Å². The van der Waals surface area contributed by atoms with Crippen molar-refractivity contribution in [2.75, 3.05) is 11.9 Å². The van der Waals surface area contributed by atoms with Gasteiger partial charge in [-0.3, -0.25) is 0 Å². The molecule has 0 aliphatic heterocycles. The topological polar surface area (TPSA) is 29.9 Å². The number of hydrogen-bond donors (Lipinski definition) is 1. The van der Waals surface area contributed by atoms with Crippen LogP contribution in [0.1, 0.15) is 25.6 Å². The van der Waals surface area contributed by atoms with E-state index in [0.717, 1.165) is 13.0 Å². The average Bonchev–Trinajstić information content (AvgIpc) is 2.44. The van der Waals surface area contributed by atoms with Gasteiger partial charge < -0.3 is 5.32 Å². The van der Waals surface area contributed by atoms with Crippen LogP contribution < -0.4 is 5.32 Å². The summed E-state index contributed by atoms with van der Waals surface area (Å²) < 4.78 is 25.0. The molecule has 3 nitrogen and oxygen atoms in total. The highest BCUT2D eigenvalue weighted by atomic mass is 19.3. The zero-order valence-electron chi connectivity index (χ0n) is 7.72. The van der Waals surface area contributed by atoms with Gasteiger partial charge in [-0.05, 0) is 13.3 Å². The van der Waals surface area contributed by atoms with Crippen LogP contribution in [0.25, 0.3) is 0 Å². The first-order valence-corrected chi connectivity index (χ1v) is 4.23. The molecule has 5 heteroatoms. The van der Waals surface area contributed by atoms with Crippen LogP contribution in [0.5, 0.6) is 0 Å². The zero-order valence-corrected chi connectivity index (χ0v) is 7.72. The Kier molecular flexibility index (Phi) is 3.22. The fourth-order valence-corrected chi connectivity index (χ4v) is 1.01. The molecule has 0 aliphatic rings. The number of rotatable bonds is 4. The first kappa shape index (κ1) is 9.95. The van der Waals surface area contributed by atoms with E-state index in [1.54, 1.807) is 6.92 Å². The molecule has 0 amide bonds. The maximum atomic E-state index is 12.2. The van der Waals surface area contributed by atoms with E-state index in [0.29, 0.717) is 16.1 Å². The minimum Gasteiger partial charge on any atom is -0.382 e. The quantitative estimate of drug-likeness (QED) is 0.788. The lowest BCUT2D eigenvalue weighted by Gasteiger charge is -2.00. The van der Waals surface area contributed by atoms with Crippen molar-refractivity contribution in [2.45, 2.75) is 26.8 Å². The Labute approximate surface area is 75.7 Å². The van der Waals surface area contributed by atoms with Gasteiger partial charge in [-0.25, -0.2) is 4.68 Å². The standard InChI is InChI=1S/C8H13F2N3/c1-3-4-11-7-5-13(8(9)10)12-6(7)2/h5,8,11H,3-4H2,1-2H3. The molecule has 74 valence electrons. The molecule has 0 aliphatic carbocycles. The van der Waals surface area contributed by atoms with E-state index in [9.17, 15) is 8.78 Å². The lowest BCUT2D eigenvalue weighted by molar-refractivity contribution is 0.0563. The third kappa shape index (κ3) is 2.40. The van der Waals surface area contributed by atoms with Gasteiger partial charge in [0.15, 0.2) is 0 Å². The molecule has 0 atom stereocenters. The number of alkyl halides is 2. The monoisotopic (exact) mass is 189 g/mol. The van der Waals surface area contributed by atoms with Crippen molar-refractivity contribution < 1.29 is 8.78 Å². The van der Waals surface area contributed by atoms with Gasteiger partial charge in [0, 0.05) is 6.54 Å². The maximum absolute atomic E-state index is 12.2. The molecule has 0 fully saturated rings. The minimum absolute atomic E-state index is 0.605. The highest BCUT2D eigenvalue weighted by molar-refractivity contribution is 5.45. The third-order valence-electron chi connectivity index (χ3n) is 1.68. The van der Waals surface area contributed by atoms with Crippen LogP contribution in [-0.2, 0) is 0 Å². The number of nitrogens with zero attached hydrogens (tertiary/aromatic N) is 2. The first-order chi connectivity index (χ1) is 6.15. The van der Waals surface area contributed by atoms with Crippen LogP contribution in [-0.4, -0.2) is 16.3 Å². The number of hydrogen-bond acceptors (Lipinski definition) is 2. The maximum Gasteiger partial charge on any atom is 0.333 e. The fraction of sp³-hybridized carbons (Fsp3) is 0.625. The highest BCUT2D eigenvalue weighted by Gasteiger charge is 2.10. The molecular weight excluding hydrogens is 176 g/mol. The Bertz CT molecular complexity index is 270. The molecule has 1 aromatic heterocycles. The van der Waals surface area contributed by atoms with Gasteiger partial charge in [-0.15, -0.1) is 0 Å². The summed E-state index contributed by atoms with van der Waals surface area (Å²) in [6.45, 7) is 1.93. The van der Waals surface area contributed by atoms with Crippen LogP contribution >= 0.6 is 0 Å². The van der Waals surface area contributed by atoms with Gasteiger partial charge >= 0.3 is 6.55 Å². The van der Waals surface area contributed by atoms with E-state index < -0.39 is 6.55 Å². The first-order valence-electron chi connectivity index (χ1n) is 4.23. The van der Waals surface area contributed by atoms with Crippen molar-refractivity contribution in [3.05, 3.63) is 11.9 Å². The highest BCUT2D eigenvalue weighted by Crippen LogP contribution is 2.17. The number of anilines is 1. The summed E-state index contributed by atoms with van der Waals surface area (Å²) in [7, 11) is 0. The van der Waals surface area contributed by atoms with Gasteiger partial charge in [0.05, 0.1) is 17.6 Å². The molecule has 0 radical (unpaired) electrons. The van der Waals surface area contributed by atoms with Crippen molar-refractivity contribution in [3.63, 3.8) is 0 Å². The second kappa shape index (κ2) is 4.20. The number of aromatic nitrogens is 2. The molecule has 1 aromatic rings. The number of halogens is 2. The molecule has 0 bridgehead atoms. The van der Waals surface area contributed by atoms with Crippen molar-refractivity contribution in [3.8, 4) is 0 Å². The summed E-state index contributed by atoms with van der Waals surface area (Å²) in [5.74, 6) is 0. The lowest BCUT2D eigenvalue weighted by Crippen LogP contribution is -1.99. The Balaban J connectivity index is 2.71. The molecule has 1 heterocycles. The Hall–Kier alpha value is -1.13. The van der Waals surface area contributed by atoms with Crippen LogP contribution in [0, 0.1) is 6.92 Å². The molecule has 0 spiro atoms. The summed E-state index contributed by atoms with van der Waals surface area (Å²) >= 11 is 0. The molecule has 13 heavy (non-hydrogen) atoms. The van der Waals surface area contributed by atoms with E-state index in [1.807, 2.05) is 6.92 Å². The second-order valence-corrected chi connectivity index (χ2v) is 2.81. The van der Waals surface area contributed by atoms with Gasteiger partial charge in [0.1, 0.15) is 0 Å². The van der Waals surface area contributed by atoms with E-state index in [2.05, 4.69) is 10.4 Å². The van der Waals surface area contributed by atoms with Gasteiger partial charge in [-0.2, -0.15) is 13.9 Å².